The van der Waals surface area contributed by atoms with E-state index in [0.717, 1.165) is 12.2 Å². The molecule has 0 aromatic heterocycles. The van der Waals surface area contributed by atoms with E-state index in [1.807, 2.05) is 36.2 Å². The topological polar surface area (TPSA) is 40.5 Å². The number of benzene rings is 2. The van der Waals surface area contributed by atoms with Crippen LogP contribution in [0, 0.1) is 0 Å². The molecule has 0 aliphatic rings. The molecule has 0 unspecified atom stereocenters. The highest BCUT2D eigenvalue weighted by Crippen LogP contribution is 2.23. The van der Waals surface area contributed by atoms with E-state index >= 15 is 0 Å². The Morgan fingerprint density at radius 2 is 1.89 bits per heavy atom. The summed E-state index contributed by atoms with van der Waals surface area (Å²) >= 11 is 0. The van der Waals surface area contributed by atoms with Crippen molar-refractivity contribution in [3.05, 3.63) is 59.7 Å². The van der Waals surface area contributed by atoms with Crippen LogP contribution in [-0.2, 0) is 6.54 Å². The van der Waals surface area contributed by atoms with Gasteiger partial charge in [-0.05, 0) is 17.7 Å². The Labute approximate surface area is 106 Å². The summed E-state index contributed by atoms with van der Waals surface area (Å²) < 4.78 is 0. The van der Waals surface area contributed by atoms with Gasteiger partial charge in [-0.15, -0.1) is 0 Å². The summed E-state index contributed by atoms with van der Waals surface area (Å²) in [6.45, 7) is 0.751. The summed E-state index contributed by atoms with van der Waals surface area (Å²) in [5, 5.41) is 9.65. The van der Waals surface area contributed by atoms with E-state index in [2.05, 4.69) is 12.1 Å². The summed E-state index contributed by atoms with van der Waals surface area (Å²) in [7, 11) is 1.95. The second-order valence-corrected chi connectivity index (χ2v) is 4.20. The maximum atomic E-state index is 10.6. The van der Waals surface area contributed by atoms with Crippen molar-refractivity contribution in [1.29, 1.82) is 0 Å². The average molecular weight is 241 g/mol. The van der Waals surface area contributed by atoms with Crippen LogP contribution < -0.4 is 4.90 Å². The predicted molar refractivity (Wildman–Crippen MR) is 72.0 cm³/mol. The molecule has 2 aromatic rings. The van der Waals surface area contributed by atoms with Crippen molar-refractivity contribution < 1.29 is 9.90 Å². The molecular formula is C15H15NO2. The molecule has 1 N–H and O–H groups in total. The fourth-order valence-corrected chi connectivity index (χ4v) is 1.82. The molecular weight excluding hydrogens is 226 g/mol. The lowest BCUT2D eigenvalue weighted by Gasteiger charge is -2.19. The fourth-order valence-electron chi connectivity index (χ4n) is 1.82. The molecule has 0 radical (unpaired) electrons. The number of phenols is 1. The number of nitrogens with zero attached hydrogens (tertiary/aromatic N) is 1. The number of aromatic hydroxyl groups is 1. The maximum absolute atomic E-state index is 10.6. The van der Waals surface area contributed by atoms with Gasteiger partial charge < -0.3 is 10.0 Å². The molecule has 92 valence electrons. The Morgan fingerprint density at radius 1 is 1.17 bits per heavy atom. The second-order valence-electron chi connectivity index (χ2n) is 4.20. The first-order chi connectivity index (χ1) is 8.70. The first-order valence-corrected chi connectivity index (χ1v) is 5.74. The van der Waals surface area contributed by atoms with Gasteiger partial charge in [-0.25, -0.2) is 0 Å². The van der Waals surface area contributed by atoms with E-state index in [1.165, 1.54) is 5.56 Å². The zero-order valence-electron chi connectivity index (χ0n) is 10.2. The van der Waals surface area contributed by atoms with Crippen LogP contribution in [0.5, 0.6) is 5.75 Å². The highest BCUT2D eigenvalue weighted by molar-refractivity contribution is 5.80. The number of phenolic OH excluding ortho intramolecular Hbond substituents is 1. The molecule has 0 saturated heterocycles. The van der Waals surface area contributed by atoms with Gasteiger partial charge in [0.2, 0.25) is 0 Å². The first-order valence-electron chi connectivity index (χ1n) is 5.74. The minimum atomic E-state index is 0.0161. The summed E-state index contributed by atoms with van der Waals surface area (Å²) in [4.78, 5) is 12.6. The molecule has 0 bridgehead atoms. The zero-order valence-corrected chi connectivity index (χ0v) is 10.2. The van der Waals surface area contributed by atoms with Crippen molar-refractivity contribution in [2.75, 3.05) is 11.9 Å². The van der Waals surface area contributed by atoms with Gasteiger partial charge in [-0.2, -0.15) is 0 Å². The average Bonchev–Trinajstić information content (AvgIpc) is 2.39. The first kappa shape index (κ1) is 12.2. The van der Waals surface area contributed by atoms with Gasteiger partial charge >= 0.3 is 0 Å². The smallest absolute Gasteiger partial charge is 0.153 e. The van der Waals surface area contributed by atoms with Gasteiger partial charge in [0.1, 0.15) is 5.75 Å². The molecule has 0 atom stereocenters. The third-order valence-electron chi connectivity index (χ3n) is 2.84. The number of hydrogen-bond donors (Lipinski definition) is 1. The molecule has 0 amide bonds. The van der Waals surface area contributed by atoms with Gasteiger partial charge in [0.25, 0.3) is 0 Å². The maximum Gasteiger partial charge on any atom is 0.153 e. The van der Waals surface area contributed by atoms with Gasteiger partial charge in [0.05, 0.1) is 5.56 Å². The van der Waals surface area contributed by atoms with Gasteiger partial charge in [0, 0.05) is 25.3 Å². The van der Waals surface area contributed by atoms with Crippen LogP contribution in [-0.4, -0.2) is 18.4 Å². The third-order valence-corrected chi connectivity index (χ3v) is 2.84. The standard InChI is InChI=1S/C15H15NO2/c1-16(10-12-5-3-2-4-6-12)14-8-7-13(11-17)15(18)9-14/h2-9,11,18H,10H2,1H3. The molecule has 0 spiro atoms. The monoisotopic (exact) mass is 241 g/mol. The predicted octanol–water partition coefficient (Wildman–Crippen LogP) is 2.84. The number of anilines is 1. The third kappa shape index (κ3) is 2.69. The summed E-state index contributed by atoms with van der Waals surface area (Å²) in [5.74, 6) is 0.0161. The van der Waals surface area contributed by atoms with Crippen LogP contribution in [0.2, 0.25) is 0 Å². The Balaban J connectivity index is 2.16. The van der Waals surface area contributed by atoms with Crippen LogP contribution >= 0.6 is 0 Å². The van der Waals surface area contributed by atoms with Crippen molar-refractivity contribution in [2.24, 2.45) is 0 Å². The molecule has 2 rings (SSSR count). The Hall–Kier alpha value is -2.29. The van der Waals surface area contributed by atoms with Crippen LogP contribution in [0.15, 0.2) is 48.5 Å². The Bertz CT molecular complexity index is 537. The Morgan fingerprint density at radius 3 is 2.50 bits per heavy atom. The summed E-state index contributed by atoms with van der Waals surface area (Å²) in [6.07, 6.45) is 0.649. The van der Waals surface area contributed by atoms with E-state index in [-0.39, 0.29) is 5.75 Å². The quantitative estimate of drug-likeness (QED) is 0.837. The van der Waals surface area contributed by atoms with E-state index < -0.39 is 0 Å². The zero-order chi connectivity index (χ0) is 13.0. The van der Waals surface area contributed by atoms with Crippen molar-refractivity contribution >= 4 is 12.0 Å². The number of aldehydes is 1. The van der Waals surface area contributed by atoms with E-state index in [9.17, 15) is 9.90 Å². The van der Waals surface area contributed by atoms with Crippen molar-refractivity contribution in [3.8, 4) is 5.75 Å². The number of carbonyl (C=O) groups is 1. The van der Waals surface area contributed by atoms with Crippen molar-refractivity contribution in [3.63, 3.8) is 0 Å². The van der Waals surface area contributed by atoms with Crippen LogP contribution in [0.1, 0.15) is 15.9 Å². The van der Waals surface area contributed by atoms with Crippen molar-refractivity contribution in [1.82, 2.24) is 0 Å². The minimum Gasteiger partial charge on any atom is -0.507 e. The lowest BCUT2D eigenvalue weighted by molar-refractivity contribution is 0.112. The van der Waals surface area contributed by atoms with E-state index in [0.29, 0.717) is 11.8 Å². The number of hydrogen-bond acceptors (Lipinski definition) is 3. The van der Waals surface area contributed by atoms with Crippen LogP contribution in [0.4, 0.5) is 5.69 Å². The lowest BCUT2D eigenvalue weighted by Crippen LogP contribution is -2.16. The number of carbonyl (C=O) groups excluding carboxylic acids is 1. The van der Waals surface area contributed by atoms with Crippen LogP contribution in [0.25, 0.3) is 0 Å². The van der Waals surface area contributed by atoms with Gasteiger partial charge in [0.15, 0.2) is 6.29 Å². The fraction of sp³-hybridized carbons (Fsp3) is 0.133. The van der Waals surface area contributed by atoms with Gasteiger partial charge in [-0.3, -0.25) is 4.79 Å². The molecule has 3 heteroatoms. The lowest BCUT2D eigenvalue weighted by atomic mass is 10.1. The van der Waals surface area contributed by atoms with Gasteiger partial charge in [-0.1, -0.05) is 30.3 Å². The highest BCUT2D eigenvalue weighted by Gasteiger charge is 2.06. The molecule has 0 heterocycles. The summed E-state index contributed by atoms with van der Waals surface area (Å²) in [5.41, 5.74) is 2.38. The molecule has 2 aromatic carbocycles. The molecule has 18 heavy (non-hydrogen) atoms. The highest BCUT2D eigenvalue weighted by atomic mass is 16.3. The Kier molecular flexibility index (Phi) is 3.63. The molecule has 0 saturated carbocycles. The summed E-state index contributed by atoms with van der Waals surface area (Å²) in [6, 6.07) is 15.1. The van der Waals surface area contributed by atoms with Crippen molar-refractivity contribution in [2.45, 2.75) is 6.54 Å². The number of rotatable bonds is 4. The largest absolute Gasteiger partial charge is 0.507 e. The molecule has 0 aliphatic carbocycles. The SMILES string of the molecule is CN(Cc1ccccc1)c1ccc(C=O)c(O)c1. The molecule has 3 nitrogen and oxygen atoms in total. The second kappa shape index (κ2) is 5.36. The molecule has 0 aliphatic heterocycles. The normalized spacial score (nSPS) is 10.1. The van der Waals surface area contributed by atoms with E-state index in [1.54, 1.807) is 12.1 Å². The minimum absolute atomic E-state index is 0.0161. The molecule has 0 fully saturated rings. The van der Waals surface area contributed by atoms with E-state index in [4.69, 9.17) is 0 Å². The van der Waals surface area contributed by atoms with Crippen LogP contribution in [0.3, 0.4) is 0 Å².